The van der Waals surface area contributed by atoms with E-state index >= 15 is 0 Å². The fraction of sp³-hybridized carbons (Fsp3) is 0.0385. The van der Waals surface area contributed by atoms with Gasteiger partial charge in [-0.15, -0.1) is 5.73 Å². The highest BCUT2D eigenvalue weighted by Crippen LogP contribution is 2.56. The van der Waals surface area contributed by atoms with Gasteiger partial charge in [-0.25, -0.2) is 0 Å². The normalized spacial score (nSPS) is 15.9. The van der Waals surface area contributed by atoms with Crippen molar-refractivity contribution in [1.82, 2.24) is 0 Å². The second kappa shape index (κ2) is 5.88. The third kappa shape index (κ3) is 1.97. The number of benzene rings is 3. The first-order valence-electron chi connectivity index (χ1n) is 8.97. The molecule has 0 nitrogen and oxygen atoms in total. The second-order valence-electron chi connectivity index (χ2n) is 6.69. The quantitative estimate of drug-likeness (QED) is 0.490. The molecule has 0 radical (unpaired) electrons. The molecule has 0 aromatic heterocycles. The average molecular weight is 330 g/mol. The molecule has 0 unspecified atom stereocenters. The van der Waals surface area contributed by atoms with Crippen molar-refractivity contribution in [3.05, 3.63) is 137 Å². The van der Waals surface area contributed by atoms with Crippen molar-refractivity contribution in [1.29, 1.82) is 0 Å². The van der Waals surface area contributed by atoms with E-state index in [0.29, 0.717) is 0 Å². The van der Waals surface area contributed by atoms with E-state index in [2.05, 4.69) is 103 Å². The van der Waals surface area contributed by atoms with Crippen molar-refractivity contribution >= 4 is 0 Å². The average Bonchev–Trinajstić information content (AvgIpc) is 2.84. The SMILES string of the molecule is C1=CC=CC(C2(c3ccccc3)c3ccccc3-c3ccccc32)=CC=1. The molecule has 0 N–H and O–H groups in total. The highest BCUT2D eigenvalue weighted by Gasteiger charge is 2.46. The summed E-state index contributed by atoms with van der Waals surface area (Å²) in [5.74, 6) is 0. The molecule has 3 aromatic rings. The first kappa shape index (κ1) is 15.0. The Bertz CT molecular complexity index is 1060. The van der Waals surface area contributed by atoms with Crippen LogP contribution in [0.5, 0.6) is 0 Å². The van der Waals surface area contributed by atoms with Gasteiger partial charge in [0.2, 0.25) is 0 Å². The lowest BCUT2D eigenvalue weighted by atomic mass is 9.67. The molecule has 26 heavy (non-hydrogen) atoms. The van der Waals surface area contributed by atoms with E-state index in [4.69, 9.17) is 0 Å². The lowest BCUT2D eigenvalue weighted by Crippen LogP contribution is -2.28. The van der Waals surface area contributed by atoms with Crippen molar-refractivity contribution in [3.63, 3.8) is 0 Å². The molecule has 2 aliphatic rings. The van der Waals surface area contributed by atoms with Gasteiger partial charge in [0.15, 0.2) is 0 Å². The van der Waals surface area contributed by atoms with Gasteiger partial charge >= 0.3 is 0 Å². The van der Waals surface area contributed by atoms with Crippen molar-refractivity contribution in [3.8, 4) is 11.1 Å². The highest BCUT2D eigenvalue weighted by atomic mass is 14.5. The van der Waals surface area contributed by atoms with Crippen molar-refractivity contribution in [2.24, 2.45) is 0 Å². The van der Waals surface area contributed by atoms with Crippen molar-refractivity contribution in [2.75, 3.05) is 0 Å². The topological polar surface area (TPSA) is 0 Å². The molecule has 5 rings (SSSR count). The molecule has 0 aliphatic heterocycles. The number of allylic oxidation sites excluding steroid dienone is 5. The Balaban J connectivity index is 1.95. The third-order valence-electron chi connectivity index (χ3n) is 5.42. The number of rotatable bonds is 2. The van der Waals surface area contributed by atoms with E-state index < -0.39 is 0 Å². The lowest BCUT2D eigenvalue weighted by Gasteiger charge is -2.34. The molecular weight excluding hydrogens is 312 g/mol. The van der Waals surface area contributed by atoms with Gasteiger partial charge in [0.05, 0.1) is 5.41 Å². The Hall–Kier alpha value is -3.34. The summed E-state index contributed by atoms with van der Waals surface area (Å²) in [5, 5.41) is 0. The van der Waals surface area contributed by atoms with Crippen LogP contribution >= 0.6 is 0 Å². The van der Waals surface area contributed by atoms with Crippen LogP contribution in [0, 0.1) is 0 Å². The first-order chi connectivity index (χ1) is 12.9. The summed E-state index contributed by atoms with van der Waals surface area (Å²) in [5.41, 5.74) is 10.8. The van der Waals surface area contributed by atoms with Crippen LogP contribution in [0.15, 0.2) is 121 Å². The molecule has 0 bridgehead atoms. The fourth-order valence-corrected chi connectivity index (χ4v) is 4.42. The maximum Gasteiger partial charge on any atom is 0.0713 e. The van der Waals surface area contributed by atoms with Crippen LogP contribution in [-0.2, 0) is 5.41 Å². The van der Waals surface area contributed by atoms with E-state index in [1.807, 2.05) is 12.2 Å². The molecule has 3 aromatic carbocycles. The van der Waals surface area contributed by atoms with Crippen LogP contribution in [0.1, 0.15) is 16.7 Å². The van der Waals surface area contributed by atoms with Crippen molar-refractivity contribution < 1.29 is 0 Å². The summed E-state index contributed by atoms with van der Waals surface area (Å²) in [6, 6.07) is 28.5. The molecule has 0 atom stereocenters. The summed E-state index contributed by atoms with van der Waals surface area (Å²) in [7, 11) is 0. The van der Waals surface area contributed by atoms with Gasteiger partial charge in [-0.3, -0.25) is 0 Å². The molecule has 0 saturated heterocycles. The Morgan fingerprint density at radius 2 is 1.23 bits per heavy atom. The van der Waals surface area contributed by atoms with E-state index in [9.17, 15) is 0 Å². The van der Waals surface area contributed by atoms with E-state index in [-0.39, 0.29) is 5.41 Å². The molecule has 0 amide bonds. The molecule has 0 saturated carbocycles. The van der Waals surface area contributed by atoms with Gasteiger partial charge in [-0.2, -0.15) is 0 Å². The molecule has 0 spiro atoms. The van der Waals surface area contributed by atoms with Gasteiger partial charge in [-0.1, -0.05) is 91.0 Å². The largest absolute Gasteiger partial charge is 0.121 e. The first-order valence-corrected chi connectivity index (χ1v) is 8.97. The summed E-state index contributed by atoms with van der Waals surface area (Å²) in [4.78, 5) is 0. The smallest absolute Gasteiger partial charge is 0.0713 e. The van der Waals surface area contributed by atoms with E-state index in [0.717, 1.165) is 0 Å². The summed E-state index contributed by atoms with van der Waals surface area (Å²) in [6.45, 7) is 0. The number of hydrogen-bond donors (Lipinski definition) is 0. The molecule has 122 valence electrons. The maximum atomic E-state index is 3.20. The summed E-state index contributed by atoms with van der Waals surface area (Å²) in [6.07, 6.45) is 10.5. The van der Waals surface area contributed by atoms with Gasteiger partial charge < -0.3 is 0 Å². The number of hydrogen-bond acceptors (Lipinski definition) is 0. The van der Waals surface area contributed by atoms with Gasteiger partial charge in [0, 0.05) is 0 Å². The van der Waals surface area contributed by atoms with Gasteiger partial charge in [0.1, 0.15) is 0 Å². The molecule has 0 heteroatoms. The molecular formula is C26H18. The van der Waals surface area contributed by atoms with Crippen LogP contribution in [-0.4, -0.2) is 0 Å². The Morgan fingerprint density at radius 3 is 1.92 bits per heavy atom. The summed E-state index contributed by atoms with van der Waals surface area (Å²) < 4.78 is 0. The van der Waals surface area contributed by atoms with Crippen LogP contribution in [0.25, 0.3) is 11.1 Å². The van der Waals surface area contributed by atoms with E-state index in [1.54, 1.807) is 0 Å². The zero-order chi connectivity index (χ0) is 17.4. The predicted molar refractivity (Wildman–Crippen MR) is 108 cm³/mol. The summed E-state index contributed by atoms with van der Waals surface area (Å²) >= 11 is 0. The zero-order valence-electron chi connectivity index (χ0n) is 14.4. The molecule has 2 aliphatic carbocycles. The molecule has 0 heterocycles. The number of fused-ring (bicyclic) bond motifs is 3. The van der Waals surface area contributed by atoms with Gasteiger partial charge in [0.25, 0.3) is 0 Å². The highest BCUT2D eigenvalue weighted by molar-refractivity contribution is 5.86. The Labute approximate surface area is 154 Å². The minimum atomic E-state index is -0.304. The van der Waals surface area contributed by atoms with Crippen LogP contribution in [0.2, 0.25) is 0 Å². The van der Waals surface area contributed by atoms with Crippen LogP contribution in [0.3, 0.4) is 0 Å². The predicted octanol–water partition coefficient (Wildman–Crippen LogP) is 6.21. The third-order valence-corrected chi connectivity index (χ3v) is 5.42. The Kier molecular flexibility index (Phi) is 3.38. The van der Waals surface area contributed by atoms with Crippen LogP contribution < -0.4 is 0 Å². The standard InChI is InChI=1S/C26H18/c1-2-5-13-20(12-4-1)26(21-14-6-3-7-15-21)24-18-10-8-16-22(24)23-17-9-11-19-25(23)26/h1,3-19H. The van der Waals surface area contributed by atoms with E-state index in [1.165, 1.54) is 33.4 Å². The zero-order valence-corrected chi connectivity index (χ0v) is 14.4. The van der Waals surface area contributed by atoms with Crippen molar-refractivity contribution in [2.45, 2.75) is 5.41 Å². The monoisotopic (exact) mass is 330 g/mol. The van der Waals surface area contributed by atoms with Crippen LogP contribution in [0.4, 0.5) is 0 Å². The minimum Gasteiger partial charge on any atom is -0.121 e. The molecule has 0 fully saturated rings. The lowest BCUT2D eigenvalue weighted by molar-refractivity contribution is 0.767. The maximum absolute atomic E-state index is 3.20. The minimum absolute atomic E-state index is 0.304. The fourth-order valence-electron chi connectivity index (χ4n) is 4.42. The van der Waals surface area contributed by atoms with Gasteiger partial charge in [-0.05, 0) is 51.6 Å². The second-order valence-corrected chi connectivity index (χ2v) is 6.69. The Morgan fingerprint density at radius 1 is 0.615 bits per heavy atom.